The number of ether oxygens (including phenoxy) is 1. The number of aromatic nitrogens is 2. The first-order chi connectivity index (χ1) is 14.5. The van der Waals surface area contributed by atoms with Crippen molar-refractivity contribution in [3.05, 3.63) is 89.2 Å². The van der Waals surface area contributed by atoms with E-state index in [2.05, 4.69) is 5.32 Å². The molecule has 4 rings (SSSR count). The second-order valence-electron chi connectivity index (χ2n) is 7.10. The molecule has 30 heavy (non-hydrogen) atoms. The first kappa shape index (κ1) is 19.4. The maximum atomic E-state index is 13.4. The van der Waals surface area contributed by atoms with E-state index >= 15 is 0 Å². The highest BCUT2D eigenvalue weighted by Gasteiger charge is 2.22. The lowest BCUT2D eigenvalue weighted by atomic mass is 10.1. The fraction of sp³-hybridized carbons (Fsp3) is 0.125. The van der Waals surface area contributed by atoms with Gasteiger partial charge in [0.25, 0.3) is 5.91 Å². The Kier molecular flexibility index (Phi) is 5.06. The van der Waals surface area contributed by atoms with Crippen molar-refractivity contribution in [2.45, 2.75) is 13.8 Å². The lowest BCUT2D eigenvalue weighted by Crippen LogP contribution is -2.18. The fourth-order valence-corrected chi connectivity index (χ4v) is 3.34. The first-order valence-electron chi connectivity index (χ1n) is 9.52. The summed E-state index contributed by atoms with van der Waals surface area (Å²) >= 11 is 0. The molecule has 0 bridgehead atoms. The highest BCUT2D eigenvalue weighted by molar-refractivity contribution is 6.10. The van der Waals surface area contributed by atoms with Gasteiger partial charge >= 0.3 is 5.97 Å². The van der Waals surface area contributed by atoms with E-state index in [-0.39, 0.29) is 11.5 Å². The molecule has 2 aromatic heterocycles. The van der Waals surface area contributed by atoms with Gasteiger partial charge in [-0.05, 0) is 37.6 Å². The molecule has 2 heterocycles. The molecule has 6 heteroatoms. The third-order valence-electron chi connectivity index (χ3n) is 4.89. The lowest BCUT2D eigenvalue weighted by molar-refractivity contribution is 0.0602. The summed E-state index contributed by atoms with van der Waals surface area (Å²) in [6, 6.07) is 18.5. The van der Waals surface area contributed by atoms with Crippen molar-refractivity contribution in [3.63, 3.8) is 0 Å². The molecule has 0 aliphatic carbocycles. The van der Waals surface area contributed by atoms with Crippen LogP contribution in [0.1, 0.15) is 32.0 Å². The van der Waals surface area contributed by atoms with Crippen molar-refractivity contribution in [2.24, 2.45) is 0 Å². The Morgan fingerprint density at radius 2 is 1.63 bits per heavy atom. The third kappa shape index (κ3) is 3.55. The molecule has 1 amide bonds. The highest BCUT2D eigenvalue weighted by atomic mass is 16.5. The van der Waals surface area contributed by atoms with Crippen molar-refractivity contribution >= 4 is 23.2 Å². The normalized spacial score (nSPS) is 10.8. The van der Waals surface area contributed by atoms with Gasteiger partial charge in [-0.2, -0.15) is 0 Å². The molecule has 0 aliphatic rings. The van der Waals surface area contributed by atoms with Crippen molar-refractivity contribution in [2.75, 3.05) is 12.4 Å². The molecule has 1 N–H and O–H groups in total. The number of benzene rings is 2. The number of pyridine rings is 1. The standard InChI is InChI=1S/C24H21N3O3/c1-15-8-11-17(12-9-15)21-22(27-14-16(2)10-13-20(27)26-21)23(28)25-19-7-5-4-6-18(19)24(29)30-3/h4-14H,1-3H3,(H,25,28). The number of amides is 1. The van der Waals surface area contributed by atoms with Gasteiger partial charge in [-0.25, -0.2) is 9.78 Å². The van der Waals surface area contributed by atoms with Crippen LogP contribution in [0.15, 0.2) is 66.9 Å². The van der Waals surface area contributed by atoms with Crippen LogP contribution in [0.4, 0.5) is 5.69 Å². The number of carbonyl (C=O) groups is 2. The predicted molar refractivity (Wildman–Crippen MR) is 116 cm³/mol. The number of imidazole rings is 1. The van der Waals surface area contributed by atoms with Crippen LogP contribution in [-0.4, -0.2) is 28.4 Å². The van der Waals surface area contributed by atoms with Crippen LogP contribution < -0.4 is 5.32 Å². The Labute approximate surface area is 174 Å². The summed E-state index contributed by atoms with van der Waals surface area (Å²) < 4.78 is 6.61. The smallest absolute Gasteiger partial charge is 0.339 e. The van der Waals surface area contributed by atoms with Crippen LogP contribution in [0.5, 0.6) is 0 Å². The van der Waals surface area contributed by atoms with Gasteiger partial charge in [0.1, 0.15) is 17.0 Å². The van der Waals surface area contributed by atoms with Crippen molar-refractivity contribution in [3.8, 4) is 11.3 Å². The maximum absolute atomic E-state index is 13.4. The second-order valence-corrected chi connectivity index (χ2v) is 7.10. The average molecular weight is 399 g/mol. The largest absolute Gasteiger partial charge is 0.465 e. The molecule has 2 aromatic carbocycles. The van der Waals surface area contributed by atoms with E-state index < -0.39 is 5.97 Å². The number of hydrogen-bond donors (Lipinski definition) is 1. The van der Waals surface area contributed by atoms with Crippen LogP contribution in [0.25, 0.3) is 16.9 Å². The molecule has 0 radical (unpaired) electrons. The van der Waals surface area contributed by atoms with Crippen LogP contribution in [0.3, 0.4) is 0 Å². The van der Waals surface area contributed by atoms with E-state index in [0.717, 1.165) is 16.7 Å². The van der Waals surface area contributed by atoms with Gasteiger partial charge in [0.05, 0.1) is 18.4 Å². The minimum Gasteiger partial charge on any atom is -0.465 e. The van der Waals surface area contributed by atoms with Crippen LogP contribution in [0.2, 0.25) is 0 Å². The maximum Gasteiger partial charge on any atom is 0.339 e. The number of anilines is 1. The first-order valence-corrected chi connectivity index (χ1v) is 9.52. The SMILES string of the molecule is COC(=O)c1ccccc1NC(=O)c1c(-c2ccc(C)cc2)nc2ccc(C)cn12. The molecule has 0 saturated heterocycles. The van der Waals surface area contributed by atoms with Gasteiger partial charge in [-0.3, -0.25) is 9.20 Å². The zero-order valence-electron chi connectivity index (χ0n) is 17.0. The number of para-hydroxylation sites is 1. The minimum absolute atomic E-state index is 0.287. The third-order valence-corrected chi connectivity index (χ3v) is 4.89. The summed E-state index contributed by atoms with van der Waals surface area (Å²) in [6.45, 7) is 3.97. The molecular formula is C24H21N3O3. The zero-order chi connectivity index (χ0) is 21.3. The van der Waals surface area contributed by atoms with E-state index in [1.807, 2.05) is 56.4 Å². The number of esters is 1. The van der Waals surface area contributed by atoms with Gasteiger partial charge in [0.2, 0.25) is 0 Å². The van der Waals surface area contributed by atoms with Crippen molar-refractivity contribution in [1.82, 2.24) is 9.38 Å². The number of aryl methyl sites for hydroxylation is 2. The van der Waals surface area contributed by atoms with Gasteiger partial charge in [0, 0.05) is 11.8 Å². The highest BCUT2D eigenvalue weighted by Crippen LogP contribution is 2.27. The lowest BCUT2D eigenvalue weighted by Gasteiger charge is -2.11. The topological polar surface area (TPSA) is 72.7 Å². The molecule has 0 unspecified atom stereocenters. The van der Waals surface area contributed by atoms with Crippen LogP contribution in [0, 0.1) is 13.8 Å². The number of nitrogens with zero attached hydrogens (tertiary/aromatic N) is 2. The molecule has 0 spiro atoms. The summed E-state index contributed by atoms with van der Waals surface area (Å²) in [4.78, 5) is 30.2. The molecule has 0 saturated carbocycles. The average Bonchev–Trinajstić information content (AvgIpc) is 3.12. The number of methoxy groups -OCH3 is 1. The number of fused-ring (bicyclic) bond motifs is 1. The van der Waals surface area contributed by atoms with Gasteiger partial charge < -0.3 is 10.1 Å². The fourth-order valence-electron chi connectivity index (χ4n) is 3.34. The molecule has 6 nitrogen and oxygen atoms in total. The Bertz CT molecular complexity index is 1260. The van der Waals surface area contributed by atoms with E-state index in [0.29, 0.717) is 22.7 Å². The van der Waals surface area contributed by atoms with Gasteiger partial charge in [-0.15, -0.1) is 0 Å². The number of nitrogens with one attached hydrogen (secondary N) is 1. The molecule has 150 valence electrons. The summed E-state index contributed by atoms with van der Waals surface area (Å²) in [6.07, 6.45) is 1.88. The molecule has 0 aliphatic heterocycles. The Morgan fingerprint density at radius 3 is 2.37 bits per heavy atom. The summed E-state index contributed by atoms with van der Waals surface area (Å²) in [5.74, 6) is -0.876. The van der Waals surface area contributed by atoms with Gasteiger partial charge in [0.15, 0.2) is 0 Å². The number of hydrogen-bond acceptors (Lipinski definition) is 4. The van der Waals surface area contributed by atoms with E-state index in [1.165, 1.54) is 7.11 Å². The molecule has 0 atom stereocenters. The Hall–Kier alpha value is -3.93. The Balaban J connectivity index is 1.84. The van der Waals surface area contributed by atoms with Crippen molar-refractivity contribution in [1.29, 1.82) is 0 Å². The quantitative estimate of drug-likeness (QED) is 0.507. The molecule has 0 fully saturated rings. The number of rotatable bonds is 4. The summed E-state index contributed by atoms with van der Waals surface area (Å²) in [5.41, 5.74) is 5.28. The summed E-state index contributed by atoms with van der Waals surface area (Å²) in [7, 11) is 1.31. The predicted octanol–water partition coefficient (Wildman–Crippen LogP) is 4.66. The summed E-state index contributed by atoms with van der Waals surface area (Å²) in [5, 5.41) is 2.86. The van der Waals surface area contributed by atoms with Crippen molar-refractivity contribution < 1.29 is 14.3 Å². The number of carbonyl (C=O) groups excluding carboxylic acids is 2. The minimum atomic E-state index is -0.515. The molecular weight excluding hydrogens is 378 g/mol. The Morgan fingerprint density at radius 1 is 0.933 bits per heavy atom. The zero-order valence-corrected chi connectivity index (χ0v) is 17.0. The van der Waals surface area contributed by atoms with Crippen LogP contribution in [-0.2, 0) is 4.74 Å². The van der Waals surface area contributed by atoms with E-state index in [9.17, 15) is 9.59 Å². The monoisotopic (exact) mass is 399 g/mol. The second kappa shape index (κ2) is 7.83. The molecule has 4 aromatic rings. The van der Waals surface area contributed by atoms with Gasteiger partial charge in [-0.1, -0.05) is 48.0 Å². The van der Waals surface area contributed by atoms with Crippen LogP contribution >= 0.6 is 0 Å². The van der Waals surface area contributed by atoms with E-state index in [4.69, 9.17) is 9.72 Å². The van der Waals surface area contributed by atoms with E-state index in [1.54, 1.807) is 28.7 Å².